The van der Waals surface area contributed by atoms with Crippen molar-refractivity contribution in [2.75, 3.05) is 10.6 Å². The minimum absolute atomic E-state index is 0.272. The maximum atomic E-state index is 13.0. The van der Waals surface area contributed by atoms with Crippen LogP contribution in [0.15, 0.2) is 24.9 Å². The van der Waals surface area contributed by atoms with Gasteiger partial charge in [0.2, 0.25) is 5.95 Å². The van der Waals surface area contributed by atoms with Crippen LogP contribution in [-0.2, 0) is 20.1 Å². The van der Waals surface area contributed by atoms with E-state index in [1.54, 1.807) is 6.33 Å². The Labute approximate surface area is 149 Å². The standard InChI is InChI=1S/C16H18FN9/c1-9(14-19-3-10(17)4-20-14)22-16-23-12-6-18-5-11(12)15(25-16)24-13-7-26(2)8-21-13/h3-4,7-9,18H,5-6H2,1-2H3,(H2,22,23,24,25). The van der Waals surface area contributed by atoms with Gasteiger partial charge < -0.3 is 20.5 Å². The van der Waals surface area contributed by atoms with Gasteiger partial charge in [0, 0.05) is 31.9 Å². The smallest absolute Gasteiger partial charge is 0.225 e. The Bertz CT molecular complexity index is 922. The first-order valence-corrected chi connectivity index (χ1v) is 8.18. The summed E-state index contributed by atoms with van der Waals surface area (Å²) in [6.07, 6.45) is 5.87. The zero-order chi connectivity index (χ0) is 18.1. The van der Waals surface area contributed by atoms with E-state index in [2.05, 4.69) is 40.9 Å². The fourth-order valence-corrected chi connectivity index (χ4v) is 2.74. The van der Waals surface area contributed by atoms with Crippen LogP contribution in [-0.4, -0.2) is 29.5 Å². The quantitative estimate of drug-likeness (QED) is 0.635. The molecule has 3 N–H and O–H groups in total. The molecule has 1 atom stereocenters. The summed E-state index contributed by atoms with van der Waals surface area (Å²) in [6.45, 7) is 3.24. The SMILES string of the molecule is CC(Nc1nc2c(c(Nc3cn(C)cn3)n1)CNC2)c1ncc(F)cn1. The van der Waals surface area contributed by atoms with Crippen molar-refractivity contribution in [3.63, 3.8) is 0 Å². The summed E-state index contributed by atoms with van der Waals surface area (Å²) < 4.78 is 14.9. The van der Waals surface area contributed by atoms with Crippen LogP contribution in [0.5, 0.6) is 0 Å². The molecule has 3 aromatic rings. The Balaban J connectivity index is 1.60. The van der Waals surface area contributed by atoms with Gasteiger partial charge in [0.15, 0.2) is 5.82 Å². The molecule has 1 unspecified atom stereocenters. The van der Waals surface area contributed by atoms with E-state index >= 15 is 0 Å². The number of fused-ring (bicyclic) bond motifs is 1. The van der Waals surface area contributed by atoms with Gasteiger partial charge in [-0.2, -0.15) is 4.98 Å². The molecule has 4 heterocycles. The lowest BCUT2D eigenvalue weighted by Gasteiger charge is -2.15. The van der Waals surface area contributed by atoms with Crippen molar-refractivity contribution in [1.29, 1.82) is 0 Å². The largest absolute Gasteiger partial charge is 0.344 e. The van der Waals surface area contributed by atoms with Gasteiger partial charge in [-0.3, -0.25) is 0 Å². The van der Waals surface area contributed by atoms with Crippen molar-refractivity contribution >= 4 is 17.6 Å². The third kappa shape index (κ3) is 3.31. The van der Waals surface area contributed by atoms with Gasteiger partial charge in [-0.05, 0) is 6.92 Å². The van der Waals surface area contributed by atoms with Gasteiger partial charge in [-0.1, -0.05) is 0 Å². The van der Waals surface area contributed by atoms with E-state index in [1.807, 2.05) is 24.7 Å². The lowest BCUT2D eigenvalue weighted by atomic mass is 10.2. The van der Waals surface area contributed by atoms with E-state index in [-0.39, 0.29) is 6.04 Å². The van der Waals surface area contributed by atoms with E-state index in [0.717, 1.165) is 23.7 Å². The number of halogens is 1. The minimum atomic E-state index is -0.470. The van der Waals surface area contributed by atoms with Gasteiger partial charge in [0.1, 0.15) is 17.5 Å². The molecular formula is C16H18FN9. The van der Waals surface area contributed by atoms with Gasteiger partial charge in [-0.15, -0.1) is 0 Å². The van der Waals surface area contributed by atoms with Crippen LogP contribution in [0.25, 0.3) is 0 Å². The predicted octanol–water partition coefficient (Wildman–Crippen LogP) is 1.66. The summed E-state index contributed by atoms with van der Waals surface area (Å²) in [5, 5.41) is 9.69. The number of imidazole rings is 1. The topological polar surface area (TPSA) is 105 Å². The summed E-state index contributed by atoms with van der Waals surface area (Å²) in [5.41, 5.74) is 1.94. The molecule has 0 aromatic carbocycles. The van der Waals surface area contributed by atoms with Gasteiger partial charge in [0.05, 0.1) is 30.5 Å². The summed E-state index contributed by atoms with van der Waals surface area (Å²) in [4.78, 5) is 21.4. The van der Waals surface area contributed by atoms with E-state index in [1.165, 1.54) is 0 Å². The van der Waals surface area contributed by atoms with Crippen LogP contribution in [0.1, 0.15) is 30.0 Å². The number of nitrogens with one attached hydrogen (secondary N) is 3. The molecule has 1 aliphatic rings. The highest BCUT2D eigenvalue weighted by Gasteiger charge is 2.21. The van der Waals surface area contributed by atoms with Crippen LogP contribution >= 0.6 is 0 Å². The van der Waals surface area contributed by atoms with E-state index in [4.69, 9.17) is 0 Å². The van der Waals surface area contributed by atoms with E-state index in [9.17, 15) is 4.39 Å². The molecule has 10 heteroatoms. The number of anilines is 3. The molecule has 4 rings (SSSR count). The Hall–Kier alpha value is -3.14. The Morgan fingerprint density at radius 1 is 1.19 bits per heavy atom. The second-order valence-corrected chi connectivity index (χ2v) is 6.10. The summed E-state index contributed by atoms with van der Waals surface area (Å²) in [7, 11) is 1.90. The monoisotopic (exact) mass is 355 g/mol. The van der Waals surface area contributed by atoms with Crippen molar-refractivity contribution in [1.82, 2.24) is 34.8 Å². The zero-order valence-electron chi connectivity index (χ0n) is 14.4. The molecule has 0 bridgehead atoms. The van der Waals surface area contributed by atoms with Crippen molar-refractivity contribution in [3.05, 3.63) is 47.8 Å². The van der Waals surface area contributed by atoms with Crippen LogP contribution in [0.2, 0.25) is 0 Å². The summed E-state index contributed by atoms with van der Waals surface area (Å²) >= 11 is 0. The molecular weight excluding hydrogens is 337 g/mol. The van der Waals surface area contributed by atoms with Crippen molar-refractivity contribution in [2.24, 2.45) is 7.05 Å². The Kier molecular flexibility index (Phi) is 4.17. The van der Waals surface area contributed by atoms with Crippen LogP contribution in [0, 0.1) is 5.82 Å². The lowest BCUT2D eigenvalue weighted by Crippen LogP contribution is -2.14. The fourth-order valence-electron chi connectivity index (χ4n) is 2.74. The number of hydrogen-bond acceptors (Lipinski definition) is 8. The number of nitrogens with zero attached hydrogens (tertiary/aromatic N) is 6. The summed E-state index contributed by atoms with van der Waals surface area (Å²) in [5.74, 6) is 1.86. The summed E-state index contributed by atoms with van der Waals surface area (Å²) in [6, 6.07) is -0.272. The molecule has 0 amide bonds. The average Bonchev–Trinajstić information content (AvgIpc) is 3.24. The molecule has 9 nitrogen and oxygen atoms in total. The average molecular weight is 355 g/mol. The first-order valence-electron chi connectivity index (χ1n) is 8.18. The maximum Gasteiger partial charge on any atom is 0.225 e. The molecule has 0 aliphatic carbocycles. The first-order chi connectivity index (χ1) is 12.6. The number of aromatic nitrogens is 6. The molecule has 0 saturated carbocycles. The first kappa shape index (κ1) is 16.3. The highest BCUT2D eigenvalue weighted by atomic mass is 19.1. The van der Waals surface area contributed by atoms with Gasteiger partial charge >= 0.3 is 0 Å². The lowest BCUT2D eigenvalue weighted by molar-refractivity contribution is 0.604. The molecule has 134 valence electrons. The molecule has 1 aliphatic heterocycles. The van der Waals surface area contributed by atoms with Crippen molar-refractivity contribution < 1.29 is 4.39 Å². The highest BCUT2D eigenvalue weighted by molar-refractivity contribution is 5.59. The number of aryl methyl sites for hydroxylation is 1. The van der Waals surface area contributed by atoms with E-state index in [0.29, 0.717) is 36.5 Å². The number of rotatable bonds is 5. The minimum Gasteiger partial charge on any atom is -0.344 e. The second kappa shape index (κ2) is 6.64. The predicted molar refractivity (Wildman–Crippen MR) is 93.1 cm³/mol. The zero-order valence-corrected chi connectivity index (χ0v) is 14.4. The maximum absolute atomic E-state index is 13.0. The van der Waals surface area contributed by atoms with Crippen LogP contribution in [0.4, 0.5) is 22.0 Å². The molecule has 0 radical (unpaired) electrons. The molecule has 0 fully saturated rings. The van der Waals surface area contributed by atoms with Gasteiger partial charge in [0.25, 0.3) is 0 Å². The highest BCUT2D eigenvalue weighted by Crippen LogP contribution is 2.26. The third-order valence-electron chi connectivity index (χ3n) is 4.01. The molecule has 26 heavy (non-hydrogen) atoms. The third-order valence-corrected chi connectivity index (χ3v) is 4.01. The molecule has 3 aromatic heterocycles. The van der Waals surface area contributed by atoms with Crippen molar-refractivity contribution in [3.8, 4) is 0 Å². The van der Waals surface area contributed by atoms with Crippen LogP contribution in [0.3, 0.4) is 0 Å². The van der Waals surface area contributed by atoms with Gasteiger partial charge in [-0.25, -0.2) is 24.3 Å². The molecule has 0 saturated heterocycles. The second-order valence-electron chi connectivity index (χ2n) is 6.10. The van der Waals surface area contributed by atoms with E-state index < -0.39 is 5.82 Å². The van der Waals surface area contributed by atoms with Crippen LogP contribution < -0.4 is 16.0 Å². The molecule has 0 spiro atoms. The van der Waals surface area contributed by atoms with Crippen molar-refractivity contribution in [2.45, 2.75) is 26.1 Å². The number of hydrogen-bond donors (Lipinski definition) is 3. The fraction of sp³-hybridized carbons (Fsp3) is 0.312. The Morgan fingerprint density at radius 3 is 2.73 bits per heavy atom. The normalized spacial score (nSPS) is 14.1. The Morgan fingerprint density at radius 2 is 2.00 bits per heavy atom.